The molecule has 2 N–H and O–H groups in total. The number of halogens is 1. The summed E-state index contributed by atoms with van der Waals surface area (Å²) in [5.41, 5.74) is 2.28. The van der Waals surface area contributed by atoms with Crippen LogP contribution in [0, 0.1) is 0 Å². The fourth-order valence-electron chi connectivity index (χ4n) is 2.59. The largest absolute Gasteiger partial charge is 0.493 e. The highest BCUT2D eigenvalue weighted by molar-refractivity contribution is 7.70. The molecule has 0 radical (unpaired) electrons. The van der Waals surface area contributed by atoms with Gasteiger partial charge in [-0.2, -0.15) is 0 Å². The van der Waals surface area contributed by atoms with Gasteiger partial charge in [0.25, 0.3) is 0 Å². The summed E-state index contributed by atoms with van der Waals surface area (Å²) >= 11 is 0. The Balaban J connectivity index is 0.00000280. The van der Waals surface area contributed by atoms with Crippen molar-refractivity contribution in [3.63, 3.8) is 0 Å². The monoisotopic (exact) mass is 425 g/mol. The van der Waals surface area contributed by atoms with Gasteiger partial charge in [-0.25, -0.2) is 28.1 Å². The number of rotatable bonds is 8. The highest BCUT2D eigenvalue weighted by Gasteiger charge is 2.12. The fourth-order valence-corrected chi connectivity index (χ4v) is 2.88. The molecule has 1 aromatic carbocycles. The number of pyridine rings is 1. The smallest absolute Gasteiger partial charge is 0.201 e. The van der Waals surface area contributed by atoms with Crippen molar-refractivity contribution in [2.45, 2.75) is 0 Å². The van der Waals surface area contributed by atoms with Crippen LogP contribution in [0.15, 0.2) is 36.8 Å². The minimum Gasteiger partial charge on any atom is -0.493 e. The molecule has 9 nitrogen and oxygen atoms in total. The SMILES string of the molecule is COc1cc2ncnc(-c3ccc(NCCN[SH](=O)=O)nc3)c2cc1OC.Cl. The summed E-state index contributed by atoms with van der Waals surface area (Å²) in [6, 6.07) is 7.33. The lowest BCUT2D eigenvalue weighted by Gasteiger charge is -2.11. The van der Waals surface area contributed by atoms with Crippen molar-refractivity contribution in [1.82, 2.24) is 19.7 Å². The maximum atomic E-state index is 10.5. The Hall–Kier alpha value is -2.69. The van der Waals surface area contributed by atoms with E-state index in [2.05, 4.69) is 25.0 Å². The summed E-state index contributed by atoms with van der Waals surface area (Å²) in [4.78, 5) is 13.0. The van der Waals surface area contributed by atoms with Crippen LogP contribution < -0.4 is 19.5 Å². The first-order valence-corrected chi connectivity index (χ1v) is 9.25. The van der Waals surface area contributed by atoms with Crippen molar-refractivity contribution in [3.8, 4) is 22.8 Å². The molecule has 150 valence electrons. The zero-order valence-electron chi connectivity index (χ0n) is 15.2. The van der Waals surface area contributed by atoms with Gasteiger partial charge in [0, 0.05) is 36.3 Å². The van der Waals surface area contributed by atoms with Crippen LogP contribution in [-0.4, -0.2) is 50.7 Å². The number of hydrogen-bond donors (Lipinski definition) is 3. The van der Waals surface area contributed by atoms with Gasteiger partial charge in [0.2, 0.25) is 10.9 Å². The molecule has 3 rings (SSSR count). The molecule has 0 spiro atoms. The van der Waals surface area contributed by atoms with E-state index in [4.69, 9.17) is 9.47 Å². The quantitative estimate of drug-likeness (QED) is 0.368. The van der Waals surface area contributed by atoms with E-state index in [1.807, 2.05) is 12.1 Å². The maximum absolute atomic E-state index is 10.5. The molecule has 0 unspecified atom stereocenters. The predicted octanol–water partition coefficient (Wildman–Crippen LogP) is 1.66. The van der Waals surface area contributed by atoms with Gasteiger partial charge in [0.05, 0.1) is 25.4 Å². The van der Waals surface area contributed by atoms with Gasteiger partial charge in [0.1, 0.15) is 12.1 Å². The number of nitrogens with zero attached hydrogens (tertiary/aromatic N) is 3. The van der Waals surface area contributed by atoms with Crippen LogP contribution in [0.3, 0.4) is 0 Å². The normalized spacial score (nSPS) is 10.5. The number of nitrogens with one attached hydrogen (secondary N) is 2. The van der Waals surface area contributed by atoms with Crippen LogP contribution in [0.25, 0.3) is 22.2 Å². The lowest BCUT2D eigenvalue weighted by Crippen LogP contribution is -2.20. The Morgan fingerprint density at radius 3 is 2.39 bits per heavy atom. The third-order valence-electron chi connectivity index (χ3n) is 3.85. The summed E-state index contributed by atoms with van der Waals surface area (Å²) in [5.74, 6) is 1.83. The maximum Gasteiger partial charge on any atom is 0.201 e. The van der Waals surface area contributed by atoms with Crippen molar-refractivity contribution in [2.75, 3.05) is 32.6 Å². The summed E-state index contributed by atoms with van der Waals surface area (Å²) in [6.45, 7) is 0.726. The molecule has 2 heterocycles. The molecule has 0 saturated carbocycles. The van der Waals surface area contributed by atoms with E-state index < -0.39 is 10.9 Å². The second-order valence-corrected chi connectivity index (χ2v) is 6.30. The zero-order valence-corrected chi connectivity index (χ0v) is 16.9. The Kier molecular flexibility index (Phi) is 7.73. The summed E-state index contributed by atoms with van der Waals surface area (Å²) in [7, 11) is 0.567. The van der Waals surface area contributed by atoms with Gasteiger partial charge in [-0.1, -0.05) is 0 Å². The number of thiol groups is 1. The van der Waals surface area contributed by atoms with E-state index in [0.717, 1.165) is 22.2 Å². The Labute approximate surface area is 170 Å². The molecule has 0 aliphatic carbocycles. The minimum absolute atomic E-state index is 0. The van der Waals surface area contributed by atoms with Crippen LogP contribution in [0.1, 0.15) is 0 Å². The van der Waals surface area contributed by atoms with Gasteiger partial charge in [0.15, 0.2) is 11.5 Å². The molecule has 0 fully saturated rings. The van der Waals surface area contributed by atoms with E-state index in [1.165, 1.54) is 6.33 Å². The molecule has 0 aliphatic rings. The zero-order chi connectivity index (χ0) is 19.2. The lowest BCUT2D eigenvalue weighted by molar-refractivity contribution is 0.356. The first-order valence-electron chi connectivity index (χ1n) is 8.07. The Morgan fingerprint density at radius 2 is 1.75 bits per heavy atom. The number of ether oxygens (including phenoxy) is 2. The molecular weight excluding hydrogens is 406 g/mol. The molecule has 2 aromatic heterocycles. The first-order chi connectivity index (χ1) is 13.1. The van der Waals surface area contributed by atoms with Crippen molar-refractivity contribution in [2.24, 2.45) is 0 Å². The number of aromatic nitrogens is 3. The number of fused-ring (bicyclic) bond motifs is 1. The number of anilines is 1. The van der Waals surface area contributed by atoms with Crippen LogP contribution in [0.2, 0.25) is 0 Å². The molecule has 0 amide bonds. The molecule has 28 heavy (non-hydrogen) atoms. The van der Waals surface area contributed by atoms with Crippen molar-refractivity contribution >= 4 is 40.0 Å². The Bertz CT molecular complexity index is 1010. The number of benzene rings is 1. The number of methoxy groups -OCH3 is 2. The fraction of sp³-hybridized carbons (Fsp3) is 0.235. The number of hydrogen-bond acceptors (Lipinski definition) is 8. The molecule has 11 heteroatoms. The topological polar surface area (TPSA) is 115 Å². The van der Waals surface area contributed by atoms with E-state index in [9.17, 15) is 8.42 Å². The molecule has 0 aliphatic heterocycles. The van der Waals surface area contributed by atoms with E-state index in [0.29, 0.717) is 30.4 Å². The predicted molar refractivity (Wildman–Crippen MR) is 110 cm³/mol. The van der Waals surface area contributed by atoms with Crippen LogP contribution in [0.5, 0.6) is 11.5 Å². The third-order valence-corrected chi connectivity index (χ3v) is 4.33. The van der Waals surface area contributed by atoms with E-state index in [1.54, 1.807) is 32.5 Å². The molecular formula is C17H20ClN5O4S. The van der Waals surface area contributed by atoms with Gasteiger partial charge in [-0.15, -0.1) is 12.4 Å². The molecule has 0 atom stereocenters. The van der Waals surface area contributed by atoms with E-state index >= 15 is 0 Å². The van der Waals surface area contributed by atoms with Crippen molar-refractivity contribution in [3.05, 3.63) is 36.8 Å². The molecule has 3 aromatic rings. The minimum atomic E-state index is -2.59. The molecule has 0 bridgehead atoms. The Morgan fingerprint density at radius 1 is 1.00 bits per heavy atom. The average Bonchev–Trinajstić information content (AvgIpc) is 2.70. The van der Waals surface area contributed by atoms with Crippen molar-refractivity contribution in [1.29, 1.82) is 0 Å². The van der Waals surface area contributed by atoms with Crippen LogP contribution >= 0.6 is 12.4 Å². The van der Waals surface area contributed by atoms with Gasteiger partial charge in [-0.05, 0) is 18.2 Å². The first kappa shape index (κ1) is 21.6. The highest BCUT2D eigenvalue weighted by Crippen LogP contribution is 2.35. The van der Waals surface area contributed by atoms with Crippen LogP contribution in [0.4, 0.5) is 5.82 Å². The van der Waals surface area contributed by atoms with Gasteiger partial charge >= 0.3 is 0 Å². The average molecular weight is 426 g/mol. The lowest BCUT2D eigenvalue weighted by atomic mass is 10.1. The second kappa shape index (κ2) is 10.0. The second-order valence-electron chi connectivity index (χ2n) is 5.47. The summed E-state index contributed by atoms with van der Waals surface area (Å²) in [6.07, 6.45) is 3.19. The summed E-state index contributed by atoms with van der Waals surface area (Å²) < 4.78 is 33.9. The van der Waals surface area contributed by atoms with E-state index in [-0.39, 0.29) is 12.4 Å². The third kappa shape index (κ3) is 4.97. The van der Waals surface area contributed by atoms with Crippen LogP contribution in [-0.2, 0) is 10.9 Å². The van der Waals surface area contributed by atoms with Gasteiger partial charge < -0.3 is 14.8 Å². The standard InChI is InChI=1S/C17H19N5O4S.ClH/c1-25-14-7-12-13(8-15(14)26-2)20-10-21-17(12)11-3-4-16(19-9-11)18-5-6-22-27(23)24;/h3-4,7-10,27H,5-6H2,1-2H3,(H,18,19)(H,22,23,24);1H. The van der Waals surface area contributed by atoms with Crippen molar-refractivity contribution < 1.29 is 17.9 Å². The summed E-state index contributed by atoms with van der Waals surface area (Å²) in [5, 5.41) is 3.86. The highest BCUT2D eigenvalue weighted by atomic mass is 35.5. The van der Waals surface area contributed by atoms with Gasteiger partial charge in [-0.3, -0.25) is 0 Å². The molecule has 0 saturated heterocycles.